The number of rotatable bonds is 4. The minimum absolute atomic E-state index is 0.192. The number of benzene rings is 1. The zero-order valence-electron chi connectivity index (χ0n) is 12.0. The highest BCUT2D eigenvalue weighted by Gasteiger charge is 2.17. The lowest BCUT2D eigenvalue weighted by molar-refractivity contribution is 0.0785. The molecule has 0 unspecified atom stereocenters. The van der Waals surface area contributed by atoms with Crippen LogP contribution in [0.3, 0.4) is 0 Å². The summed E-state index contributed by atoms with van der Waals surface area (Å²) in [5.74, 6) is 0.340. The van der Waals surface area contributed by atoms with Crippen molar-refractivity contribution < 1.29 is 14.6 Å². The first-order valence-corrected chi connectivity index (χ1v) is 6.62. The van der Waals surface area contributed by atoms with E-state index in [0.29, 0.717) is 11.4 Å². The molecule has 2 aromatic rings. The van der Waals surface area contributed by atoms with E-state index in [9.17, 15) is 9.90 Å². The van der Waals surface area contributed by atoms with Crippen molar-refractivity contribution in [2.75, 3.05) is 5.32 Å². The number of hydrogen-bond donors (Lipinski definition) is 2. The molecule has 2 rings (SSSR count). The molecular weight excluding hydrogens is 268 g/mol. The van der Waals surface area contributed by atoms with Gasteiger partial charge < -0.3 is 9.84 Å². The Morgan fingerprint density at radius 1 is 1.29 bits per heavy atom. The van der Waals surface area contributed by atoms with E-state index in [1.165, 1.54) is 6.20 Å². The van der Waals surface area contributed by atoms with E-state index in [-0.39, 0.29) is 6.61 Å². The molecular formula is C16H18N2O3. The number of ether oxygens (including phenoxy) is 1. The molecule has 0 atom stereocenters. The lowest BCUT2D eigenvalue weighted by Gasteiger charge is -2.18. The molecule has 0 bridgehead atoms. The molecule has 0 aliphatic carbocycles. The maximum atomic E-state index is 11.7. The first-order chi connectivity index (χ1) is 9.95. The third-order valence-electron chi connectivity index (χ3n) is 2.91. The highest BCUT2D eigenvalue weighted by atomic mass is 16.5. The molecule has 0 saturated carbocycles. The van der Waals surface area contributed by atoms with Gasteiger partial charge in [0.2, 0.25) is 0 Å². The SMILES string of the molecule is CC(C)(O)c1ccnc(NC(=O)OCc2ccccc2)c1. The molecule has 1 aromatic heterocycles. The summed E-state index contributed by atoms with van der Waals surface area (Å²) in [7, 11) is 0. The minimum Gasteiger partial charge on any atom is -0.444 e. The minimum atomic E-state index is -0.993. The normalized spacial score (nSPS) is 11.0. The standard InChI is InChI=1S/C16H18N2O3/c1-16(2,20)13-8-9-17-14(10-13)18-15(19)21-11-12-6-4-3-5-7-12/h3-10,20H,11H2,1-2H3,(H,17,18,19). The molecule has 0 spiro atoms. The number of hydrogen-bond acceptors (Lipinski definition) is 4. The highest BCUT2D eigenvalue weighted by Crippen LogP contribution is 2.21. The maximum Gasteiger partial charge on any atom is 0.413 e. The molecule has 0 aliphatic heterocycles. The van der Waals surface area contributed by atoms with Gasteiger partial charge in [0.1, 0.15) is 12.4 Å². The third-order valence-corrected chi connectivity index (χ3v) is 2.91. The zero-order valence-corrected chi connectivity index (χ0v) is 12.0. The van der Waals surface area contributed by atoms with E-state index in [2.05, 4.69) is 10.3 Å². The van der Waals surface area contributed by atoms with Crippen molar-refractivity contribution in [2.24, 2.45) is 0 Å². The second-order valence-corrected chi connectivity index (χ2v) is 5.18. The molecule has 0 saturated heterocycles. The molecule has 1 amide bonds. The fraction of sp³-hybridized carbons (Fsp3) is 0.250. The van der Waals surface area contributed by atoms with Gasteiger partial charge in [-0.2, -0.15) is 0 Å². The van der Waals surface area contributed by atoms with Gasteiger partial charge in [0.15, 0.2) is 0 Å². The monoisotopic (exact) mass is 286 g/mol. The van der Waals surface area contributed by atoms with Crippen molar-refractivity contribution in [2.45, 2.75) is 26.1 Å². The van der Waals surface area contributed by atoms with Crippen LogP contribution in [0.15, 0.2) is 48.7 Å². The quantitative estimate of drug-likeness (QED) is 0.906. The topological polar surface area (TPSA) is 71.5 Å². The predicted molar refractivity (Wildman–Crippen MR) is 79.7 cm³/mol. The van der Waals surface area contributed by atoms with E-state index < -0.39 is 11.7 Å². The van der Waals surface area contributed by atoms with Crippen LogP contribution in [0, 0.1) is 0 Å². The van der Waals surface area contributed by atoms with E-state index in [4.69, 9.17) is 4.74 Å². The Labute approximate surface area is 123 Å². The fourth-order valence-corrected chi connectivity index (χ4v) is 1.74. The molecule has 5 nitrogen and oxygen atoms in total. The van der Waals surface area contributed by atoms with Gasteiger partial charge in [-0.15, -0.1) is 0 Å². The number of aliphatic hydroxyl groups is 1. The van der Waals surface area contributed by atoms with Gasteiger partial charge in [0.25, 0.3) is 0 Å². The Morgan fingerprint density at radius 3 is 2.67 bits per heavy atom. The van der Waals surface area contributed by atoms with Crippen LogP contribution in [0.2, 0.25) is 0 Å². The average molecular weight is 286 g/mol. The van der Waals surface area contributed by atoms with Gasteiger partial charge >= 0.3 is 6.09 Å². The largest absolute Gasteiger partial charge is 0.444 e. The molecule has 110 valence electrons. The Kier molecular flexibility index (Phi) is 4.55. The molecule has 0 aliphatic rings. The Bertz CT molecular complexity index is 606. The number of amides is 1. The van der Waals surface area contributed by atoms with Crippen LogP contribution in [-0.2, 0) is 16.9 Å². The average Bonchev–Trinajstić information content (AvgIpc) is 2.46. The number of aromatic nitrogens is 1. The Morgan fingerprint density at radius 2 is 2.00 bits per heavy atom. The summed E-state index contributed by atoms with van der Waals surface area (Å²) in [5.41, 5.74) is 0.578. The molecule has 1 aromatic carbocycles. The first-order valence-electron chi connectivity index (χ1n) is 6.62. The van der Waals surface area contributed by atoms with Crippen LogP contribution in [0.1, 0.15) is 25.0 Å². The first kappa shape index (κ1) is 15.0. The summed E-state index contributed by atoms with van der Waals surface area (Å²) in [6.45, 7) is 3.53. The van der Waals surface area contributed by atoms with Gasteiger partial charge in [-0.05, 0) is 37.1 Å². The molecule has 1 heterocycles. The van der Waals surface area contributed by atoms with Crippen molar-refractivity contribution in [1.82, 2.24) is 4.98 Å². The Hall–Kier alpha value is -2.40. The summed E-state index contributed by atoms with van der Waals surface area (Å²) in [6, 6.07) is 12.7. The molecule has 0 radical (unpaired) electrons. The van der Waals surface area contributed by atoms with Crippen molar-refractivity contribution in [1.29, 1.82) is 0 Å². The smallest absolute Gasteiger partial charge is 0.413 e. The van der Waals surface area contributed by atoms with Gasteiger partial charge in [0, 0.05) is 6.20 Å². The summed E-state index contributed by atoms with van der Waals surface area (Å²) in [5, 5.41) is 12.5. The van der Waals surface area contributed by atoms with Crippen LogP contribution in [0.5, 0.6) is 0 Å². The maximum absolute atomic E-state index is 11.7. The number of pyridine rings is 1. The van der Waals surface area contributed by atoms with E-state index >= 15 is 0 Å². The summed E-state index contributed by atoms with van der Waals surface area (Å²) >= 11 is 0. The number of carbonyl (C=O) groups is 1. The van der Waals surface area contributed by atoms with Gasteiger partial charge in [0.05, 0.1) is 5.60 Å². The van der Waals surface area contributed by atoms with E-state index in [1.54, 1.807) is 26.0 Å². The van der Waals surface area contributed by atoms with Crippen LogP contribution < -0.4 is 5.32 Å². The second-order valence-electron chi connectivity index (χ2n) is 5.18. The molecule has 21 heavy (non-hydrogen) atoms. The molecule has 5 heteroatoms. The number of anilines is 1. The van der Waals surface area contributed by atoms with Crippen molar-refractivity contribution in [3.63, 3.8) is 0 Å². The van der Waals surface area contributed by atoms with Crippen molar-refractivity contribution >= 4 is 11.9 Å². The summed E-state index contributed by atoms with van der Waals surface area (Å²) in [6.07, 6.45) is 0.944. The van der Waals surface area contributed by atoms with Gasteiger partial charge in [-0.1, -0.05) is 30.3 Å². The number of nitrogens with zero attached hydrogens (tertiary/aromatic N) is 1. The van der Waals surface area contributed by atoms with Crippen molar-refractivity contribution in [3.8, 4) is 0 Å². The van der Waals surface area contributed by atoms with Gasteiger partial charge in [-0.25, -0.2) is 9.78 Å². The van der Waals surface area contributed by atoms with Crippen LogP contribution in [0.25, 0.3) is 0 Å². The van der Waals surface area contributed by atoms with Gasteiger partial charge in [-0.3, -0.25) is 5.32 Å². The van der Waals surface area contributed by atoms with E-state index in [1.807, 2.05) is 30.3 Å². The lowest BCUT2D eigenvalue weighted by Crippen LogP contribution is -2.18. The zero-order chi connectivity index (χ0) is 15.3. The summed E-state index contributed by atoms with van der Waals surface area (Å²) < 4.78 is 5.10. The molecule has 0 fully saturated rings. The molecule has 2 N–H and O–H groups in total. The highest BCUT2D eigenvalue weighted by molar-refractivity contribution is 5.83. The third kappa shape index (κ3) is 4.57. The Balaban J connectivity index is 1.94. The van der Waals surface area contributed by atoms with Crippen LogP contribution in [-0.4, -0.2) is 16.2 Å². The number of nitrogens with one attached hydrogen (secondary N) is 1. The lowest BCUT2D eigenvalue weighted by atomic mass is 10.00. The van der Waals surface area contributed by atoms with E-state index in [0.717, 1.165) is 5.56 Å². The van der Waals surface area contributed by atoms with Crippen LogP contribution >= 0.6 is 0 Å². The summed E-state index contributed by atoms with van der Waals surface area (Å²) in [4.78, 5) is 15.7. The fourth-order valence-electron chi connectivity index (χ4n) is 1.74. The predicted octanol–water partition coefficient (Wildman–Crippen LogP) is 3.06. The van der Waals surface area contributed by atoms with Crippen molar-refractivity contribution in [3.05, 3.63) is 59.8 Å². The number of carbonyl (C=O) groups excluding carboxylic acids is 1. The van der Waals surface area contributed by atoms with Crippen LogP contribution in [0.4, 0.5) is 10.6 Å². The second kappa shape index (κ2) is 6.37.